The van der Waals surface area contributed by atoms with E-state index in [1.54, 1.807) is 40.1 Å². The maximum atomic E-state index is 12.4. The van der Waals surface area contributed by atoms with Crippen molar-refractivity contribution in [2.24, 2.45) is 0 Å². The number of amides is 2. The number of rotatable bonds is 6. The largest absolute Gasteiger partial charge is 0.496 e. The fourth-order valence-electron chi connectivity index (χ4n) is 2.98. The van der Waals surface area contributed by atoms with E-state index in [4.69, 9.17) is 13.9 Å². The highest BCUT2D eigenvalue weighted by atomic mass is 32.2. The zero-order valence-electron chi connectivity index (χ0n) is 16.3. The molecule has 0 unspecified atom stereocenters. The number of thioether (sulfide) groups is 1. The number of benzene rings is 1. The predicted octanol–water partition coefficient (Wildman–Crippen LogP) is 2.15. The number of ether oxygens (including phenoxy) is 2. The molecule has 0 aliphatic carbocycles. The van der Waals surface area contributed by atoms with Crippen molar-refractivity contribution in [2.75, 3.05) is 46.2 Å². The predicted molar refractivity (Wildman–Crippen MR) is 106 cm³/mol. The first-order valence-electron chi connectivity index (χ1n) is 9.03. The van der Waals surface area contributed by atoms with E-state index in [1.165, 1.54) is 25.1 Å². The monoisotopic (exact) mass is 418 g/mol. The van der Waals surface area contributed by atoms with Crippen LogP contribution in [-0.2, 0) is 9.53 Å². The smallest absolute Gasteiger partial charge is 0.342 e. The summed E-state index contributed by atoms with van der Waals surface area (Å²) < 4.78 is 15.5. The topological polar surface area (TPSA) is 89.3 Å². The van der Waals surface area contributed by atoms with Crippen LogP contribution in [0.3, 0.4) is 0 Å². The van der Waals surface area contributed by atoms with Gasteiger partial charge in [-0.15, -0.1) is 11.8 Å². The van der Waals surface area contributed by atoms with Crippen molar-refractivity contribution in [1.82, 2.24) is 9.80 Å². The molecule has 0 saturated carbocycles. The molecule has 3 rings (SSSR count). The van der Waals surface area contributed by atoms with E-state index in [9.17, 15) is 14.4 Å². The fourth-order valence-corrected chi connectivity index (χ4v) is 3.41. The molecule has 2 aromatic rings. The van der Waals surface area contributed by atoms with Gasteiger partial charge in [0.2, 0.25) is 0 Å². The van der Waals surface area contributed by atoms with E-state index in [2.05, 4.69) is 0 Å². The molecular formula is C20H22N2O6S. The molecule has 2 amide bonds. The first kappa shape index (κ1) is 20.8. The molecule has 0 radical (unpaired) electrons. The first-order chi connectivity index (χ1) is 14.0. The van der Waals surface area contributed by atoms with Crippen molar-refractivity contribution in [1.29, 1.82) is 0 Å². The van der Waals surface area contributed by atoms with Crippen LogP contribution in [0.15, 0.2) is 45.9 Å². The van der Waals surface area contributed by atoms with Gasteiger partial charge in [-0.3, -0.25) is 9.59 Å². The summed E-state index contributed by atoms with van der Waals surface area (Å²) in [4.78, 5) is 41.2. The van der Waals surface area contributed by atoms with Crippen molar-refractivity contribution < 1.29 is 28.3 Å². The van der Waals surface area contributed by atoms with Crippen molar-refractivity contribution >= 4 is 29.5 Å². The van der Waals surface area contributed by atoms with Gasteiger partial charge in [-0.05, 0) is 36.6 Å². The normalized spacial score (nSPS) is 13.9. The molecule has 0 bridgehead atoms. The first-order valence-corrected chi connectivity index (χ1v) is 10.3. The van der Waals surface area contributed by atoms with Crippen molar-refractivity contribution in [3.05, 3.63) is 47.9 Å². The standard InChI is InChI=1S/C20H22N2O6S/c1-26-17-12-14(29-2)5-6-15(17)20(25)28-13-18(23)21-7-9-22(10-8-21)19(24)16-4-3-11-27-16/h3-6,11-12H,7-10,13H2,1-2H3. The number of esters is 1. The molecule has 1 fully saturated rings. The third-order valence-electron chi connectivity index (χ3n) is 4.61. The van der Waals surface area contributed by atoms with Gasteiger partial charge >= 0.3 is 5.97 Å². The Kier molecular flexibility index (Phi) is 6.82. The van der Waals surface area contributed by atoms with Crippen LogP contribution in [0.1, 0.15) is 20.9 Å². The Morgan fingerprint density at radius 3 is 2.45 bits per heavy atom. The summed E-state index contributed by atoms with van der Waals surface area (Å²) in [6.07, 6.45) is 3.37. The van der Waals surface area contributed by atoms with E-state index in [-0.39, 0.29) is 29.7 Å². The minimum atomic E-state index is -0.616. The lowest BCUT2D eigenvalue weighted by molar-refractivity contribution is -0.136. The Morgan fingerprint density at radius 2 is 1.83 bits per heavy atom. The van der Waals surface area contributed by atoms with Crippen LogP contribution in [-0.4, -0.2) is 73.7 Å². The second-order valence-corrected chi connectivity index (χ2v) is 7.17. The van der Waals surface area contributed by atoms with Crippen LogP contribution in [0.2, 0.25) is 0 Å². The Morgan fingerprint density at radius 1 is 1.10 bits per heavy atom. The Labute approximate surface area is 172 Å². The maximum absolute atomic E-state index is 12.4. The molecule has 8 nitrogen and oxygen atoms in total. The summed E-state index contributed by atoms with van der Waals surface area (Å²) >= 11 is 1.53. The second-order valence-electron chi connectivity index (χ2n) is 6.29. The van der Waals surface area contributed by atoms with Crippen LogP contribution < -0.4 is 4.74 Å². The van der Waals surface area contributed by atoms with Gasteiger partial charge in [-0.25, -0.2) is 4.79 Å². The Bertz CT molecular complexity index is 875. The molecule has 1 aromatic heterocycles. The lowest BCUT2D eigenvalue weighted by Gasteiger charge is -2.34. The van der Waals surface area contributed by atoms with Gasteiger partial charge in [0, 0.05) is 31.1 Å². The number of methoxy groups -OCH3 is 1. The van der Waals surface area contributed by atoms with E-state index >= 15 is 0 Å². The lowest BCUT2D eigenvalue weighted by Crippen LogP contribution is -2.51. The molecule has 0 N–H and O–H groups in total. The SMILES string of the molecule is COc1cc(SC)ccc1C(=O)OCC(=O)N1CCN(C(=O)c2ccco2)CC1. The van der Waals surface area contributed by atoms with Crippen LogP contribution in [0.5, 0.6) is 5.75 Å². The van der Waals surface area contributed by atoms with Crippen LogP contribution in [0, 0.1) is 0 Å². The van der Waals surface area contributed by atoms with Gasteiger partial charge in [0.25, 0.3) is 11.8 Å². The number of carbonyl (C=O) groups excluding carboxylic acids is 3. The Balaban J connectivity index is 1.50. The minimum Gasteiger partial charge on any atom is -0.496 e. The fraction of sp³-hybridized carbons (Fsp3) is 0.350. The molecule has 0 atom stereocenters. The van der Waals surface area contributed by atoms with Gasteiger partial charge < -0.3 is 23.7 Å². The average Bonchev–Trinajstić information content (AvgIpc) is 3.31. The van der Waals surface area contributed by atoms with Crippen LogP contribution >= 0.6 is 11.8 Å². The highest BCUT2D eigenvalue weighted by molar-refractivity contribution is 7.98. The van der Waals surface area contributed by atoms with Gasteiger partial charge in [0.1, 0.15) is 11.3 Å². The summed E-state index contributed by atoms with van der Waals surface area (Å²) in [5.41, 5.74) is 0.270. The highest BCUT2D eigenvalue weighted by Crippen LogP contribution is 2.26. The van der Waals surface area contributed by atoms with E-state index in [0.29, 0.717) is 31.9 Å². The second kappa shape index (κ2) is 9.51. The van der Waals surface area contributed by atoms with Gasteiger partial charge in [-0.1, -0.05) is 0 Å². The zero-order chi connectivity index (χ0) is 20.8. The van der Waals surface area contributed by atoms with Crippen LogP contribution in [0.4, 0.5) is 0 Å². The lowest BCUT2D eigenvalue weighted by atomic mass is 10.2. The number of nitrogens with zero attached hydrogens (tertiary/aromatic N) is 2. The summed E-state index contributed by atoms with van der Waals surface area (Å²) in [7, 11) is 1.48. The molecule has 2 heterocycles. The summed E-state index contributed by atoms with van der Waals surface area (Å²) in [5, 5.41) is 0. The molecule has 1 aliphatic heterocycles. The summed E-state index contributed by atoms with van der Waals surface area (Å²) in [6, 6.07) is 8.43. The molecule has 1 aromatic carbocycles. The molecule has 1 aliphatic rings. The molecule has 29 heavy (non-hydrogen) atoms. The minimum absolute atomic E-state index is 0.200. The van der Waals surface area contributed by atoms with Gasteiger partial charge in [-0.2, -0.15) is 0 Å². The molecule has 1 saturated heterocycles. The van der Waals surface area contributed by atoms with Crippen LogP contribution in [0.25, 0.3) is 0 Å². The number of furan rings is 1. The highest BCUT2D eigenvalue weighted by Gasteiger charge is 2.26. The van der Waals surface area contributed by atoms with Crippen molar-refractivity contribution in [2.45, 2.75) is 4.90 Å². The summed E-state index contributed by atoms with van der Waals surface area (Å²) in [5.74, 6) is -0.438. The van der Waals surface area contributed by atoms with Crippen molar-refractivity contribution in [3.63, 3.8) is 0 Å². The zero-order valence-corrected chi connectivity index (χ0v) is 17.1. The molecule has 0 spiro atoms. The van der Waals surface area contributed by atoms with E-state index < -0.39 is 5.97 Å². The number of carbonyl (C=O) groups is 3. The third kappa shape index (κ3) is 4.92. The van der Waals surface area contributed by atoms with Crippen molar-refractivity contribution in [3.8, 4) is 5.75 Å². The quantitative estimate of drug-likeness (QED) is 0.525. The summed E-state index contributed by atoms with van der Waals surface area (Å²) in [6.45, 7) is 1.16. The number of piperazine rings is 1. The molecule has 9 heteroatoms. The Hall–Kier alpha value is -2.94. The van der Waals surface area contributed by atoms with Gasteiger partial charge in [0.15, 0.2) is 12.4 Å². The van der Waals surface area contributed by atoms with E-state index in [1.807, 2.05) is 6.26 Å². The maximum Gasteiger partial charge on any atom is 0.342 e. The van der Waals surface area contributed by atoms with Gasteiger partial charge in [0.05, 0.1) is 13.4 Å². The number of hydrogen-bond donors (Lipinski definition) is 0. The molecule has 154 valence electrons. The number of hydrogen-bond acceptors (Lipinski definition) is 7. The third-order valence-corrected chi connectivity index (χ3v) is 5.33. The molecular weight excluding hydrogens is 396 g/mol. The van der Waals surface area contributed by atoms with E-state index in [0.717, 1.165) is 4.90 Å². The average molecular weight is 418 g/mol.